The van der Waals surface area contributed by atoms with Crippen LogP contribution in [0.3, 0.4) is 0 Å². The Morgan fingerprint density at radius 2 is 2.08 bits per heavy atom. The molecular weight excluding hydrogens is 330 g/mol. The van der Waals surface area contributed by atoms with E-state index >= 15 is 0 Å². The fourth-order valence-corrected chi connectivity index (χ4v) is 2.08. The summed E-state index contributed by atoms with van der Waals surface area (Å²) in [5.41, 5.74) is 1.38. The van der Waals surface area contributed by atoms with Crippen LogP contribution in [-0.2, 0) is 4.79 Å². The second kappa shape index (κ2) is 7.89. The lowest BCUT2D eigenvalue weighted by Crippen LogP contribution is -2.07. The summed E-state index contributed by atoms with van der Waals surface area (Å²) in [6, 6.07) is 12.5. The minimum absolute atomic E-state index is 0.290. The molecule has 130 valence electrons. The molecule has 3 aromatic rings. The van der Waals surface area contributed by atoms with Gasteiger partial charge >= 0.3 is 0 Å². The molecule has 2 N–H and O–H groups in total. The highest BCUT2D eigenvalue weighted by molar-refractivity contribution is 5.98. The second-order valence-electron chi connectivity index (χ2n) is 5.35. The van der Waals surface area contributed by atoms with E-state index in [1.807, 2.05) is 25.1 Å². The molecule has 0 unspecified atom stereocenters. The van der Waals surface area contributed by atoms with Crippen molar-refractivity contribution in [3.05, 3.63) is 73.1 Å². The zero-order chi connectivity index (χ0) is 18.4. The van der Waals surface area contributed by atoms with Gasteiger partial charge in [0.1, 0.15) is 11.6 Å². The Morgan fingerprint density at radius 3 is 2.85 bits per heavy atom. The number of aromatic nitrogens is 3. The van der Waals surface area contributed by atoms with Gasteiger partial charge in [0.15, 0.2) is 0 Å². The zero-order valence-corrected chi connectivity index (χ0v) is 14.1. The van der Waals surface area contributed by atoms with Gasteiger partial charge in [0.25, 0.3) is 0 Å². The molecule has 0 atom stereocenters. The summed E-state index contributed by atoms with van der Waals surface area (Å²) < 4.78 is 5.85. The van der Waals surface area contributed by atoms with Crippen LogP contribution < -0.4 is 15.4 Å². The summed E-state index contributed by atoms with van der Waals surface area (Å²) in [6.45, 7) is 5.28. The monoisotopic (exact) mass is 347 g/mol. The molecule has 0 aliphatic heterocycles. The molecule has 0 radical (unpaired) electrons. The van der Waals surface area contributed by atoms with Gasteiger partial charge in [0.2, 0.25) is 17.7 Å². The minimum atomic E-state index is -0.290. The van der Waals surface area contributed by atoms with E-state index in [0.29, 0.717) is 29.1 Å². The van der Waals surface area contributed by atoms with E-state index in [1.165, 1.54) is 6.08 Å². The predicted molar refractivity (Wildman–Crippen MR) is 99.6 cm³/mol. The minimum Gasteiger partial charge on any atom is -0.438 e. The molecule has 3 rings (SSSR count). The SMILES string of the molecule is C=CC(=O)Nc1cccc(Oc2nc(Nc3ccccn3)ncc2C)c1. The summed E-state index contributed by atoms with van der Waals surface area (Å²) >= 11 is 0. The molecule has 26 heavy (non-hydrogen) atoms. The number of nitrogens with one attached hydrogen (secondary N) is 2. The van der Waals surface area contributed by atoms with Gasteiger partial charge in [-0.1, -0.05) is 18.7 Å². The van der Waals surface area contributed by atoms with Crippen molar-refractivity contribution in [3.8, 4) is 11.6 Å². The van der Waals surface area contributed by atoms with Crippen molar-refractivity contribution in [1.29, 1.82) is 0 Å². The highest BCUT2D eigenvalue weighted by atomic mass is 16.5. The van der Waals surface area contributed by atoms with Gasteiger partial charge in [0.05, 0.1) is 0 Å². The first-order valence-electron chi connectivity index (χ1n) is 7.87. The van der Waals surface area contributed by atoms with Crippen LogP contribution in [0.5, 0.6) is 11.6 Å². The van der Waals surface area contributed by atoms with Crippen molar-refractivity contribution in [3.63, 3.8) is 0 Å². The summed E-state index contributed by atoms with van der Waals surface area (Å²) in [4.78, 5) is 24.2. The average molecular weight is 347 g/mol. The molecule has 7 nitrogen and oxygen atoms in total. The van der Waals surface area contributed by atoms with E-state index in [9.17, 15) is 4.79 Å². The summed E-state index contributed by atoms with van der Waals surface area (Å²) in [6.07, 6.45) is 4.55. The van der Waals surface area contributed by atoms with Crippen LogP contribution in [0.15, 0.2) is 67.5 Å². The number of aryl methyl sites for hydroxylation is 1. The van der Waals surface area contributed by atoms with E-state index in [0.717, 1.165) is 5.56 Å². The summed E-state index contributed by atoms with van der Waals surface area (Å²) in [7, 11) is 0. The maximum Gasteiger partial charge on any atom is 0.247 e. The lowest BCUT2D eigenvalue weighted by molar-refractivity contribution is -0.111. The van der Waals surface area contributed by atoms with Crippen LogP contribution in [0.25, 0.3) is 0 Å². The number of hydrogen-bond donors (Lipinski definition) is 2. The maximum absolute atomic E-state index is 11.4. The van der Waals surface area contributed by atoms with Crippen LogP contribution >= 0.6 is 0 Å². The Kier molecular flexibility index (Phi) is 5.19. The molecule has 0 spiro atoms. The van der Waals surface area contributed by atoms with E-state index in [1.54, 1.807) is 36.7 Å². The van der Waals surface area contributed by atoms with Gasteiger partial charge in [-0.25, -0.2) is 9.97 Å². The molecule has 2 aromatic heterocycles. The maximum atomic E-state index is 11.4. The molecule has 2 heterocycles. The fraction of sp³-hybridized carbons (Fsp3) is 0.0526. The first kappa shape index (κ1) is 17.1. The van der Waals surface area contributed by atoms with E-state index in [-0.39, 0.29) is 5.91 Å². The average Bonchev–Trinajstić information content (AvgIpc) is 2.65. The lowest BCUT2D eigenvalue weighted by Gasteiger charge is -2.11. The Labute approximate surface area is 150 Å². The molecular formula is C19H17N5O2. The highest BCUT2D eigenvalue weighted by Gasteiger charge is 2.08. The van der Waals surface area contributed by atoms with Gasteiger partial charge in [-0.05, 0) is 37.3 Å². The van der Waals surface area contributed by atoms with Gasteiger partial charge in [-0.3, -0.25) is 4.79 Å². The van der Waals surface area contributed by atoms with Crippen molar-refractivity contribution in [2.24, 2.45) is 0 Å². The smallest absolute Gasteiger partial charge is 0.247 e. The number of amides is 1. The Balaban J connectivity index is 1.79. The number of carbonyl (C=O) groups is 1. The molecule has 0 aliphatic rings. The number of benzene rings is 1. The Hall–Kier alpha value is -3.74. The number of anilines is 3. The van der Waals surface area contributed by atoms with Crippen LogP contribution in [0.2, 0.25) is 0 Å². The van der Waals surface area contributed by atoms with Crippen molar-refractivity contribution < 1.29 is 9.53 Å². The van der Waals surface area contributed by atoms with Crippen LogP contribution in [0.1, 0.15) is 5.56 Å². The van der Waals surface area contributed by atoms with E-state index < -0.39 is 0 Å². The quantitative estimate of drug-likeness (QED) is 0.659. The third-order valence-corrected chi connectivity index (χ3v) is 3.33. The highest BCUT2D eigenvalue weighted by Crippen LogP contribution is 2.26. The molecule has 1 aromatic carbocycles. The van der Waals surface area contributed by atoms with Crippen LogP contribution in [0.4, 0.5) is 17.5 Å². The van der Waals surface area contributed by atoms with E-state index in [2.05, 4.69) is 32.2 Å². The molecule has 0 saturated carbocycles. The van der Waals surface area contributed by atoms with Gasteiger partial charge in [-0.15, -0.1) is 0 Å². The summed E-state index contributed by atoms with van der Waals surface area (Å²) in [5, 5.41) is 5.71. The van der Waals surface area contributed by atoms with Crippen molar-refractivity contribution in [1.82, 2.24) is 15.0 Å². The fourth-order valence-electron chi connectivity index (χ4n) is 2.08. The molecule has 7 heteroatoms. The third kappa shape index (κ3) is 4.41. The van der Waals surface area contributed by atoms with Crippen molar-refractivity contribution >= 4 is 23.4 Å². The van der Waals surface area contributed by atoms with Crippen LogP contribution in [0, 0.1) is 6.92 Å². The van der Waals surface area contributed by atoms with Crippen molar-refractivity contribution in [2.45, 2.75) is 6.92 Å². The Morgan fingerprint density at radius 1 is 1.19 bits per heavy atom. The van der Waals surface area contributed by atoms with Gasteiger partial charge in [-0.2, -0.15) is 4.98 Å². The van der Waals surface area contributed by atoms with Crippen molar-refractivity contribution in [2.75, 3.05) is 10.6 Å². The largest absolute Gasteiger partial charge is 0.438 e. The second-order valence-corrected chi connectivity index (χ2v) is 5.35. The number of hydrogen-bond acceptors (Lipinski definition) is 6. The zero-order valence-electron chi connectivity index (χ0n) is 14.1. The normalized spacial score (nSPS) is 10.0. The Bertz CT molecular complexity index is 928. The van der Waals surface area contributed by atoms with E-state index in [4.69, 9.17) is 4.74 Å². The summed E-state index contributed by atoms with van der Waals surface area (Å²) in [5.74, 6) is 1.67. The topological polar surface area (TPSA) is 89.0 Å². The first-order chi connectivity index (χ1) is 12.6. The predicted octanol–water partition coefficient (Wildman–Crippen LogP) is 3.84. The first-order valence-corrected chi connectivity index (χ1v) is 7.87. The number of pyridine rings is 1. The molecule has 0 saturated heterocycles. The lowest BCUT2D eigenvalue weighted by atomic mass is 10.3. The van der Waals surface area contributed by atoms with Gasteiger partial charge < -0.3 is 15.4 Å². The standard InChI is InChI=1S/C19H17N5O2/c1-3-17(25)22-14-7-6-8-15(11-14)26-18-13(2)12-21-19(24-18)23-16-9-4-5-10-20-16/h3-12H,1H2,2H3,(H,22,25)(H,20,21,23,24). The third-order valence-electron chi connectivity index (χ3n) is 3.33. The molecule has 0 fully saturated rings. The van der Waals surface area contributed by atoms with Gasteiger partial charge in [0, 0.05) is 29.7 Å². The molecule has 0 bridgehead atoms. The number of nitrogens with zero attached hydrogens (tertiary/aromatic N) is 3. The molecule has 0 aliphatic carbocycles. The van der Waals surface area contributed by atoms with Crippen LogP contribution in [-0.4, -0.2) is 20.9 Å². The molecule has 1 amide bonds. The number of carbonyl (C=O) groups excluding carboxylic acids is 1. The number of ether oxygens (including phenoxy) is 1. The number of rotatable bonds is 6.